The van der Waals surface area contributed by atoms with Crippen molar-refractivity contribution in [1.82, 2.24) is 0 Å². The first-order valence-corrected chi connectivity index (χ1v) is 4.07. The lowest BCUT2D eigenvalue weighted by Crippen LogP contribution is -2.22. The molecule has 0 radical (unpaired) electrons. The van der Waals surface area contributed by atoms with Crippen LogP contribution in [0, 0.1) is 5.92 Å². The van der Waals surface area contributed by atoms with E-state index >= 15 is 0 Å². The fraction of sp³-hybridized carbons (Fsp3) is 1.00. The quantitative estimate of drug-likeness (QED) is 0.598. The second kappa shape index (κ2) is 5.69. The highest BCUT2D eigenvalue weighted by atomic mass is 16.5. The first-order chi connectivity index (χ1) is 4.70. The third-order valence-corrected chi connectivity index (χ3v) is 1.75. The molecule has 0 saturated carbocycles. The van der Waals surface area contributed by atoms with Crippen molar-refractivity contribution in [3.05, 3.63) is 0 Å². The van der Waals surface area contributed by atoms with Gasteiger partial charge in [0.15, 0.2) is 0 Å². The zero-order valence-corrected chi connectivity index (χ0v) is 7.26. The highest BCUT2D eigenvalue weighted by Crippen LogP contribution is 2.07. The van der Waals surface area contributed by atoms with Gasteiger partial charge in [0.25, 0.3) is 0 Å². The molecule has 1 atom stereocenters. The van der Waals surface area contributed by atoms with Gasteiger partial charge in [-0.1, -0.05) is 26.7 Å². The maximum absolute atomic E-state index is 5.43. The molecule has 0 aromatic carbocycles. The summed E-state index contributed by atoms with van der Waals surface area (Å²) in [5.41, 5.74) is 5.43. The zero-order chi connectivity index (χ0) is 7.98. The molecule has 0 aliphatic heterocycles. The summed E-state index contributed by atoms with van der Waals surface area (Å²) < 4.78 is 5.26. The van der Waals surface area contributed by atoms with E-state index in [4.69, 9.17) is 10.5 Å². The molecule has 2 heteroatoms. The van der Waals surface area contributed by atoms with Crippen molar-refractivity contribution in [3.63, 3.8) is 0 Å². The Morgan fingerprint density at radius 1 is 1.30 bits per heavy atom. The molecule has 0 aromatic heterocycles. The Morgan fingerprint density at radius 2 is 1.80 bits per heavy atom. The van der Waals surface area contributed by atoms with Crippen LogP contribution in [-0.2, 0) is 4.74 Å². The second-order valence-corrected chi connectivity index (χ2v) is 2.72. The average molecular weight is 145 g/mol. The smallest absolute Gasteiger partial charge is 0.102 e. The Hall–Kier alpha value is -0.0800. The molecule has 0 amide bonds. The van der Waals surface area contributed by atoms with Crippen LogP contribution in [0.25, 0.3) is 0 Å². The van der Waals surface area contributed by atoms with E-state index in [2.05, 4.69) is 13.8 Å². The molecule has 0 aromatic rings. The SMILES string of the molecule is CCC(CC)COC(C)N. The Kier molecular flexibility index (Phi) is 5.64. The molecule has 10 heavy (non-hydrogen) atoms. The van der Waals surface area contributed by atoms with Crippen LogP contribution in [0.1, 0.15) is 33.6 Å². The average Bonchev–Trinajstić information content (AvgIpc) is 1.90. The molecule has 1 unspecified atom stereocenters. The summed E-state index contributed by atoms with van der Waals surface area (Å²) in [5, 5.41) is 0. The molecule has 0 saturated heterocycles. The molecule has 62 valence electrons. The first kappa shape index (κ1) is 9.92. The van der Waals surface area contributed by atoms with Crippen LogP contribution in [-0.4, -0.2) is 12.8 Å². The minimum absolute atomic E-state index is 0.111. The Labute approximate surface area is 63.7 Å². The van der Waals surface area contributed by atoms with Crippen LogP contribution >= 0.6 is 0 Å². The number of rotatable bonds is 5. The van der Waals surface area contributed by atoms with Crippen LogP contribution in [0.15, 0.2) is 0 Å². The number of ether oxygens (including phenoxy) is 1. The van der Waals surface area contributed by atoms with Gasteiger partial charge in [-0.15, -0.1) is 0 Å². The van der Waals surface area contributed by atoms with Gasteiger partial charge in [-0.25, -0.2) is 0 Å². The van der Waals surface area contributed by atoms with E-state index in [-0.39, 0.29) is 6.23 Å². The first-order valence-electron chi connectivity index (χ1n) is 4.07. The van der Waals surface area contributed by atoms with Gasteiger partial charge in [0.1, 0.15) is 6.23 Å². The Morgan fingerprint density at radius 3 is 2.10 bits per heavy atom. The largest absolute Gasteiger partial charge is 0.364 e. The van der Waals surface area contributed by atoms with Crippen molar-refractivity contribution in [2.45, 2.75) is 39.8 Å². The third-order valence-electron chi connectivity index (χ3n) is 1.75. The minimum Gasteiger partial charge on any atom is -0.364 e. The Balaban J connectivity index is 3.26. The molecule has 0 bridgehead atoms. The van der Waals surface area contributed by atoms with Gasteiger partial charge in [0.05, 0.1) is 6.61 Å². The summed E-state index contributed by atoms with van der Waals surface area (Å²) in [4.78, 5) is 0. The maximum Gasteiger partial charge on any atom is 0.102 e. The van der Waals surface area contributed by atoms with Gasteiger partial charge in [0, 0.05) is 0 Å². The van der Waals surface area contributed by atoms with Crippen LogP contribution in [0.2, 0.25) is 0 Å². The van der Waals surface area contributed by atoms with Gasteiger partial charge >= 0.3 is 0 Å². The number of hydrogen-bond acceptors (Lipinski definition) is 2. The summed E-state index contributed by atoms with van der Waals surface area (Å²) in [6.45, 7) is 7.03. The van der Waals surface area contributed by atoms with E-state index in [1.165, 1.54) is 12.8 Å². The summed E-state index contributed by atoms with van der Waals surface area (Å²) in [6.07, 6.45) is 2.26. The lowest BCUT2D eigenvalue weighted by molar-refractivity contribution is 0.0422. The monoisotopic (exact) mass is 145 g/mol. The lowest BCUT2D eigenvalue weighted by atomic mass is 10.1. The third kappa shape index (κ3) is 4.77. The van der Waals surface area contributed by atoms with Crippen LogP contribution in [0.5, 0.6) is 0 Å². The molecule has 0 fully saturated rings. The van der Waals surface area contributed by atoms with Gasteiger partial charge in [-0.3, -0.25) is 0 Å². The highest BCUT2D eigenvalue weighted by Gasteiger charge is 2.03. The van der Waals surface area contributed by atoms with Crippen molar-refractivity contribution in [1.29, 1.82) is 0 Å². The molecule has 0 aliphatic carbocycles. The fourth-order valence-corrected chi connectivity index (χ4v) is 0.812. The molecule has 0 spiro atoms. The van der Waals surface area contributed by atoms with Gasteiger partial charge in [-0.05, 0) is 12.8 Å². The van der Waals surface area contributed by atoms with Crippen molar-refractivity contribution in [3.8, 4) is 0 Å². The molecular formula is C8H19NO. The van der Waals surface area contributed by atoms with Crippen molar-refractivity contribution < 1.29 is 4.74 Å². The van der Waals surface area contributed by atoms with Crippen molar-refractivity contribution in [2.24, 2.45) is 11.7 Å². The summed E-state index contributed by atoms with van der Waals surface area (Å²) in [5.74, 6) is 0.686. The van der Waals surface area contributed by atoms with Crippen molar-refractivity contribution >= 4 is 0 Å². The second-order valence-electron chi connectivity index (χ2n) is 2.72. The standard InChI is InChI=1S/C8H19NO/c1-4-8(5-2)6-10-7(3)9/h7-8H,4-6,9H2,1-3H3. The van der Waals surface area contributed by atoms with Gasteiger partial charge in [0.2, 0.25) is 0 Å². The van der Waals surface area contributed by atoms with Gasteiger partial charge in [-0.2, -0.15) is 0 Å². The lowest BCUT2D eigenvalue weighted by Gasteiger charge is -2.14. The summed E-state index contributed by atoms with van der Waals surface area (Å²) >= 11 is 0. The van der Waals surface area contributed by atoms with E-state index in [0.29, 0.717) is 5.92 Å². The minimum atomic E-state index is -0.111. The highest BCUT2D eigenvalue weighted by molar-refractivity contribution is 4.52. The summed E-state index contributed by atoms with van der Waals surface area (Å²) in [6, 6.07) is 0. The molecule has 0 heterocycles. The molecular weight excluding hydrogens is 126 g/mol. The summed E-state index contributed by atoms with van der Waals surface area (Å²) in [7, 11) is 0. The fourth-order valence-electron chi connectivity index (χ4n) is 0.812. The Bertz CT molecular complexity index is 69.7. The molecule has 0 aliphatic rings. The van der Waals surface area contributed by atoms with E-state index < -0.39 is 0 Å². The van der Waals surface area contributed by atoms with Crippen LogP contribution in [0.4, 0.5) is 0 Å². The number of nitrogens with two attached hydrogens (primary N) is 1. The van der Waals surface area contributed by atoms with E-state index in [1.54, 1.807) is 0 Å². The van der Waals surface area contributed by atoms with Crippen LogP contribution < -0.4 is 5.73 Å². The van der Waals surface area contributed by atoms with Crippen LogP contribution in [0.3, 0.4) is 0 Å². The predicted octanol–water partition coefficient (Wildman–Crippen LogP) is 1.74. The number of hydrogen-bond donors (Lipinski definition) is 1. The van der Waals surface area contributed by atoms with E-state index in [1.807, 2.05) is 6.92 Å². The predicted molar refractivity (Wildman–Crippen MR) is 43.7 cm³/mol. The van der Waals surface area contributed by atoms with E-state index in [0.717, 1.165) is 6.61 Å². The zero-order valence-electron chi connectivity index (χ0n) is 7.26. The topological polar surface area (TPSA) is 35.2 Å². The maximum atomic E-state index is 5.43. The molecule has 0 rings (SSSR count). The van der Waals surface area contributed by atoms with E-state index in [9.17, 15) is 0 Å². The molecule has 2 N–H and O–H groups in total. The van der Waals surface area contributed by atoms with Crippen molar-refractivity contribution in [2.75, 3.05) is 6.61 Å². The normalized spacial score (nSPS) is 14.1. The molecule has 2 nitrogen and oxygen atoms in total. The van der Waals surface area contributed by atoms with Gasteiger partial charge < -0.3 is 10.5 Å².